The Hall–Kier alpha value is -1.58. The van der Waals surface area contributed by atoms with Crippen LogP contribution in [0, 0.1) is 5.92 Å². The average Bonchev–Trinajstić information content (AvgIpc) is 2.43. The molecule has 0 aromatic heterocycles. The maximum Gasteiger partial charge on any atom is 0.487 e. The third-order valence-corrected chi connectivity index (χ3v) is 3.17. The van der Waals surface area contributed by atoms with E-state index in [-0.39, 0.29) is 5.47 Å². The maximum atomic E-state index is 8.94. The van der Waals surface area contributed by atoms with Crippen molar-refractivity contribution in [3.63, 3.8) is 0 Å². The van der Waals surface area contributed by atoms with Crippen molar-refractivity contribution in [1.29, 1.82) is 0 Å². The van der Waals surface area contributed by atoms with Gasteiger partial charge in [-0.2, -0.15) is 0 Å². The summed E-state index contributed by atoms with van der Waals surface area (Å²) < 4.78 is 0. The second-order valence-electron chi connectivity index (χ2n) is 4.61. The van der Waals surface area contributed by atoms with Gasteiger partial charge in [0.15, 0.2) is 0 Å². The molecule has 0 radical (unpaired) electrons. The first kappa shape index (κ1) is 15.5. The molecule has 0 spiro atoms. The Bertz CT molecular complexity index is 461. The molecule has 0 heterocycles. The van der Waals surface area contributed by atoms with Crippen LogP contribution in [0.4, 0.5) is 0 Å². The number of hydrogen-bond donors (Lipinski definition) is 2. The van der Waals surface area contributed by atoms with Crippen molar-refractivity contribution >= 4 is 12.7 Å². The molecule has 0 aliphatic heterocycles. The first-order chi connectivity index (χ1) is 9.06. The molecule has 0 saturated heterocycles. The van der Waals surface area contributed by atoms with E-state index in [4.69, 9.17) is 10.0 Å². The highest BCUT2D eigenvalue weighted by Gasteiger charge is 2.09. The van der Waals surface area contributed by atoms with E-state index in [9.17, 15) is 0 Å². The zero-order chi connectivity index (χ0) is 14.3. The second-order valence-corrected chi connectivity index (χ2v) is 4.61. The van der Waals surface area contributed by atoms with E-state index >= 15 is 0 Å². The molecule has 0 aliphatic carbocycles. The predicted molar refractivity (Wildman–Crippen MR) is 82.3 cm³/mol. The highest BCUT2D eigenvalue weighted by molar-refractivity contribution is 6.51. The summed E-state index contributed by atoms with van der Waals surface area (Å²) in [7, 11) is -1.49. The van der Waals surface area contributed by atoms with Gasteiger partial charge in [0, 0.05) is 0 Å². The quantitative estimate of drug-likeness (QED) is 0.606. The van der Waals surface area contributed by atoms with Crippen LogP contribution in [0.15, 0.2) is 60.6 Å². The highest BCUT2D eigenvalue weighted by Crippen LogP contribution is 2.25. The third kappa shape index (κ3) is 4.89. The molecule has 1 atom stereocenters. The summed E-state index contributed by atoms with van der Waals surface area (Å²) in [6.07, 6.45) is 6.50. The number of benzene rings is 1. The fourth-order valence-corrected chi connectivity index (χ4v) is 1.76. The van der Waals surface area contributed by atoms with Gasteiger partial charge in [-0.15, -0.1) is 0 Å². The van der Waals surface area contributed by atoms with Gasteiger partial charge in [-0.05, 0) is 28.9 Å². The molecular weight excluding hydrogens is 235 g/mol. The fraction of sp³-hybridized carbons (Fsp3) is 0.250. The maximum absolute atomic E-state index is 8.94. The first-order valence-electron chi connectivity index (χ1n) is 6.54. The molecule has 2 nitrogen and oxygen atoms in total. The lowest BCUT2D eigenvalue weighted by Gasteiger charge is -2.14. The van der Waals surface area contributed by atoms with Crippen molar-refractivity contribution in [3.05, 3.63) is 66.2 Å². The van der Waals surface area contributed by atoms with E-state index in [1.54, 1.807) is 6.08 Å². The van der Waals surface area contributed by atoms with Gasteiger partial charge >= 0.3 is 7.12 Å². The van der Waals surface area contributed by atoms with Gasteiger partial charge in [0.25, 0.3) is 0 Å². The van der Waals surface area contributed by atoms with E-state index in [2.05, 4.69) is 32.6 Å². The van der Waals surface area contributed by atoms with Crippen LogP contribution in [0.3, 0.4) is 0 Å². The van der Waals surface area contributed by atoms with Gasteiger partial charge in [-0.1, -0.05) is 69.0 Å². The Morgan fingerprint density at radius 3 is 2.47 bits per heavy atom. The minimum absolute atomic E-state index is 0.285. The minimum atomic E-state index is -1.49. The first-order valence-corrected chi connectivity index (χ1v) is 6.54. The molecule has 1 rings (SSSR count). The normalized spacial score (nSPS) is 13.6. The summed E-state index contributed by atoms with van der Waals surface area (Å²) in [5.74, 6) is 0.444. The number of hydrogen-bond acceptors (Lipinski definition) is 2. The Labute approximate surface area is 115 Å². The highest BCUT2D eigenvalue weighted by atomic mass is 16.4. The van der Waals surface area contributed by atoms with Crippen molar-refractivity contribution in [3.8, 4) is 0 Å². The predicted octanol–water partition coefficient (Wildman–Crippen LogP) is 3.24. The Kier molecular flexibility index (Phi) is 6.33. The molecule has 0 saturated carbocycles. The molecule has 19 heavy (non-hydrogen) atoms. The van der Waals surface area contributed by atoms with E-state index in [0.717, 1.165) is 6.42 Å². The lowest BCUT2D eigenvalue weighted by molar-refractivity contribution is 0.421. The van der Waals surface area contributed by atoms with E-state index < -0.39 is 7.12 Å². The van der Waals surface area contributed by atoms with Crippen molar-refractivity contribution in [2.24, 2.45) is 5.92 Å². The average molecular weight is 256 g/mol. The zero-order valence-corrected chi connectivity index (χ0v) is 11.6. The van der Waals surface area contributed by atoms with Gasteiger partial charge in [-0.3, -0.25) is 0 Å². The Balaban J connectivity index is 2.96. The second kappa shape index (κ2) is 7.77. The van der Waals surface area contributed by atoms with Crippen molar-refractivity contribution in [2.45, 2.75) is 20.3 Å². The van der Waals surface area contributed by atoms with Crippen LogP contribution < -0.4 is 0 Å². The standard InChI is InChI=1S/C16H21BO2/c1-4-13(2)16(15-10-6-5-7-11-15)12-8-9-14(3)17(18)19/h5-13,18-19H,3-4H2,1-2H3/b9-8-,16-12+. The van der Waals surface area contributed by atoms with Crippen LogP contribution in [0.5, 0.6) is 0 Å². The van der Waals surface area contributed by atoms with Crippen LogP contribution >= 0.6 is 0 Å². The van der Waals surface area contributed by atoms with E-state index in [0.29, 0.717) is 5.92 Å². The summed E-state index contributed by atoms with van der Waals surface area (Å²) >= 11 is 0. The third-order valence-electron chi connectivity index (χ3n) is 3.17. The summed E-state index contributed by atoms with van der Waals surface area (Å²) in [6, 6.07) is 10.2. The molecular formula is C16H21BO2. The molecule has 0 aliphatic rings. The molecule has 100 valence electrons. The zero-order valence-electron chi connectivity index (χ0n) is 11.6. The smallest absolute Gasteiger partial charge is 0.423 e. The molecule has 1 aromatic rings. The lowest BCUT2D eigenvalue weighted by Crippen LogP contribution is -2.12. The molecule has 1 unspecified atom stereocenters. The monoisotopic (exact) mass is 256 g/mol. The van der Waals surface area contributed by atoms with Gasteiger partial charge in [0.2, 0.25) is 0 Å². The Morgan fingerprint density at radius 1 is 1.32 bits per heavy atom. The van der Waals surface area contributed by atoms with Gasteiger partial charge in [0.1, 0.15) is 0 Å². The topological polar surface area (TPSA) is 40.5 Å². The van der Waals surface area contributed by atoms with Crippen molar-refractivity contribution in [2.75, 3.05) is 0 Å². The summed E-state index contributed by atoms with van der Waals surface area (Å²) in [5.41, 5.74) is 2.71. The van der Waals surface area contributed by atoms with Crippen LogP contribution in [0.25, 0.3) is 5.57 Å². The Morgan fingerprint density at radius 2 is 1.95 bits per heavy atom. The molecule has 3 heteroatoms. The molecule has 0 bridgehead atoms. The van der Waals surface area contributed by atoms with E-state index in [1.165, 1.54) is 11.1 Å². The lowest BCUT2D eigenvalue weighted by atomic mass is 9.80. The van der Waals surface area contributed by atoms with Crippen LogP contribution in [0.2, 0.25) is 0 Å². The summed E-state index contributed by atoms with van der Waals surface area (Å²) in [4.78, 5) is 0. The SMILES string of the molecule is C=C(/C=C\C=C(\c1ccccc1)C(C)CC)B(O)O. The molecule has 0 amide bonds. The number of rotatable bonds is 6. The molecule has 0 fully saturated rings. The van der Waals surface area contributed by atoms with Gasteiger partial charge < -0.3 is 10.0 Å². The van der Waals surface area contributed by atoms with Gasteiger partial charge in [0.05, 0.1) is 0 Å². The van der Waals surface area contributed by atoms with Crippen LogP contribution in [-0.2, 0) is 0 Å². The molecule has 2 N–H and O–H groups in total. The van der Waals surface area contributed by atoms with Crippen molar-refractivity contribution in [1.82, 2.24) is 0 Å². The minimum Gasteiger partial charge on any atom is -0.423 e. The summed E-state index contributed by atoms with van der Waals surface area (Å²) in [6.45, 7) is 7.91. The largest absolute Gasteiger partial charge is 0.487 e. The number of allylic oxidation sites excluding steroid dienone is 5. The van der Waals surface area contributed by atoms with Crippen molar-refractivity contribution < 1.29 is 10.0 Å². The van der Waals surface area contributed by atoms with E-state index in [1.807, 2.05) is 30.4 Å². The van der Waals surface area contributed by atoms with Crippen LogP contribution in [0.1, 0.15) is 25.8 Å². The van der Waals surface area contributed by atoms with Crippen LogP contribution in [-0.4, -0.2) is 17.2 Å². The fourth-order valence-electron chi connectivity index (χ4n) is 1.76. The van der Waals surface area contributed by atoms with Gasteiger partial charge in [-0.25, -0.2) is 0 Å². The summed E-state index contributed by atoms with van der Waals surface area (Å²) in [5, 5.41) is 17.9. The molecule has 1 aromatic carbocycles.